The maximum atomic E-state index is 12.6. The Kier molecular flexibility index (Phi) is 5.11. The highest BCUT2D eigenvalue weighted by molar-refractivity contribution is 5.99. The molecule has 1 aromatic heterocycles. The number of hydrogen-bond acceptors (Lipinski definition) is 4. The molecule has 5 nitrogen and oxygen atoms in total. The van der Waals surface area contributed by atoms with Crippen LogP contribution in [-0.4, -0.2) is 49.5 Å². The van der Waals surface area contributed by atoms with Crippen LogP contribution in [0.15, 0.2) is 42.6 Å². The zero-order chi connectivity index (χ0) is 16.9. The lowest BCUT2D eigenvalue weighted by Crippen LogP contribution is -2.33. The largest absolute Gasteiger partial charge is 0.351 e. The number of carbonyl (C=O) groups is 1. The van der Waals surface area contributed by atoms with Gasteiger partial charge in [-0.05, 0) is 50.7 Å². The number of carbonyl (C=O) groups excluding carboxylic acids is 1. The molecule has 0 bridgehead atoms. The van der Waals surface area contributed by atoms with Crippen LogP contribution in [-0.2, 0) is 6.42 Å². The van der Waals surface area contributed by atoms with Crippen molar-refractivity contribution < 1.29 is 4.79 Å². The number of pyridine rings is 1. The Bertz CT molecular complexity index is 714. The molecule has 0 saturated carbocycles. The fourth-order valence-corrected chi connectivity index (χ4v) is 3.03. The van der Waals surface area contributed by atoms with Crippen LogP contribution in [0.4, 0.5) is 11.5 Å². The van der Waals surface area contributed by atoms with Gasteiger partial charge in [0.1, 0.15) is 5.82 Å². The Morgan fingerprint density at radius 1 is 1.25 bits per heavy atom. The molecule has 1 aliphatic heterocycles. The van der Waals surface area contributed by atoms with Crippen LogP contribution in [0.1, 0.15) is 22.3 Å². The predicted molar refractivity (Wildman–Crippen MR) is 96.9 cm³/mol. The first kappa shape index (κ1) is 16.5. The van der Waals surface area contributed by atoms with Crippen molar-refractivity contribution in [1.82, 2.24) is 15.2 Å². The number of aryl methyl sites for hydroxylation is 1. The van der Waals surface area contributed by atoms with Gasteiger partial charge in [0.15, 0.2) is 0 Å². The second-order valence-electron chi connectivity index (χ2n) is 6.32. The normalized spacial score (nSPS) is 13.7. The molecule has 0 saturated heterocycles. The lowest BCUT2D eigenvalue weighted by atomic mass is 10.0. The lowest BCUT2D eigenvalue weighted by molar-refractivity contribution is 0.0951. The number of likely N-dealkylation sites (N-methyl/N-ethyl adjacent to an activating group) is 1. The van der Waals surface area contributed by atoms with Crippen molar-refractivity contribution in [3.63, 3.8) is 0 Å². The Hall–Kier alpha value is -2.40. The van der Waals surface area contributed by atoms with E-state index in [-0.39, 0.29) is 5.91 Å². The summed E-state index contributed by atoms with van der Waals surface area (Å²) < 4.78 is 0. The van der Waals surface area contributed by atoms with Crippen molar-refractivity contribution in [3.05, 3.63) is 53.7 Å². The van der Waals surface area contributed by atoms with Crippen LogP contribution < -0.4 is 10.2 Å². The molecule has 24 heavy (non-hydrogen) atoms. The van der Waals surface area contributed by atoms with E-state index in [1.54, 1.807) is 6.20 Å². The Morgan fingerprint density at radius 2 is 2.08 bits per heavy atom. The lowest BCUT2D eigenvalue weighted by Gasteiger charge is -2.31. The van der Waals surface area contributed by atoms with E-state index in [2.05, 4.69) is 33.4 Å². The van der Waals surface area contributed by atoms with Gasteiger partial charge in [0, 0.05) is 31.5 Å². The fourth-order valence-electron chi connectivity index (χ4n) is 3.03. The SMILES string of the molecule is CN(C)CCNC(=O)c1cccnc1N1CCCc2ccccc21. The van der Waals surface area contributed by atoms with Crippen LogP contribution in [0.2, 0.25) is 0 Å². The minimum Gasteiger partial charge on any atom is -0.351 e. The smallest absolute Gasteiger partial charge is 0.255 e. The summed E-state index contributed by atoms with van der Waals surface area (Å²) in [5.74, 6) is 0.676. The Labute approximate surface area is 143 Å². The van der Waals surface area contributed by atoms with Crippen molar-refractivity contribution in [2.45, 2.75) is 12.8 Å². The van der Waals surface area contributed by atoms with E-state index < -0.39 is 0 Å². The first-order valence-corrected chi connectivity index (χ1v) is 8.40. The molecule has 0 unspecified atom stereocenters. The number of para-hydroxylation sites is 1. The molecule has 126 valence electrons. The molecule has 0 spiro atoms. The number of amides is 1. The van der Waals surface area contributed by atoms with E-state index in [0.29, 0.717) is 12.1 Å². The van der Waals surface area contributed by atoms with E-state index in [1.807, 2.05) is 37.2 Å². The first-order valence-electron chi connectivity index (χ1n) is 8.40. The fraction of sp³-hybridized carbons (Fsp3) is 0.368. The van der Waals surface area contributed by atoms with Crippen LogP contribution in [0.25, 0.3) is 0 Å². The highest BCUT2D eigenvalue weighted by Crippen LogP contribution is 2.33. The van der Waals surface area contributed by atoms with Crippen molar-refractivity contribution in [2.24, 2.45) is 0 Å². The number of aromatic nitrogens is 1. The second kappa shape index (κ2) is 7.45. The van der Waals surface area contributed by atoms with Gasteiger partial charge in [-0.25, -0.2) is 4.98 Å². The molecule has 1 aliphatic rings. The quantitative estimate of drug-likeness (QED) is 0.918. The molecule has 1 aromatic carbocycles. The van der Waals surface area contributed by atoms with Crippen LogP contribution in [0, 0.1) is 0 Å². The summed E-state index contributed by atoms with van der Waals surface area (Å²) in [5.41, 5.74) is 3.10. The second-order valence-corrected chi connectivity index (χ2v) is 6.32. The van der Waals surface area contributed by atoms with Crippen molar-refractivity contribution >= 4 is 17.4 Å². The minimum absolute atomic E-state index is 0.0667. The summed E-state index contributed by atoms with van der Waals surface area (Å²) in [5, 5.41) is 2.99. The third-order valence-corrected chi connectivity index (χ3v) is 4.24. The highest BCUT2D eigenvalue weighted by atomic mass is 16.1. The van der Waals surface area contributed by atoms with Crippen LogP contribution in [0.3, 0.4) is 0 Å². The third kappa shape index (κ3) is 3.57. The molecule has 5 heteroatoms. The Morgan fingerprint density at radius 3 is 2.92 bits per heavy atom. The van der Waals surface area contributed by atoms with Gasteiger partial charge in [0.05, 0.1) is 5.56 Å². The van der Waals surface area contributed by atoms with E-state index in [4.69, 9.17) is 0 Å². The summed E-state index contributed by atoms with van der Waals surface area (Å²) >= 11 is 0. The number of nitrogens with zero attached hydrogens (tertiary/aromatic N) is 3. The number of nitrogens with one attached hydrogen (secondary N) is 1. The molecule has 0 radical (unpaired) electrons. The van der Waals surface area contributed by atoms with Gasteiger partial charge < -0.3 is 15.1 Å². The zero-order valence-corrected chi connectivity index (χ0v) is 14.3. The summed E-state index contributed by atoms with van der Waals surface area (Å²) in [6, 6.07) is 12.0. The molecule has 0 aliphatic carbocycles. The zero-order valence-electron chi connectivity index (χ0n) is 14.3. The van der Waals surface area contributed by atoms with Gasteiger partial charge in [0.25, 0.3) is 5.91 Å². The van der Waals surface area contributed by atoms with Gasteiger partial charge in [-0.15, -0.1) is 0 Å². The number of anilines is 2. The van der Waals surface area contributed by atoms with Crippen LogP contribution in [0.5, 0.6) is 0 Å². The number of rotatable bonds is 5. The molecule has 1 N–H and O–H groups in total. The van der Waals surface area contributed by atoms with Crippen molar-refractivity contribution in [1.29, 1.82) is 0 Å². The highest BCUT2D eigenvalue weighted by Gasteiger charge is 2.23. The average Bonchev–Trinajstić information content (AvgIpc) is 2.61. The maximum Gasteiger partial charge on any atom is 0.255 e. The van der Waals surface area contributed by atoms with Gasteiger partial charge in [-0.2, -0.15) is 0 Å². The monoisotopic (exact) mass is 324 g/mol. The summed E-state index contributed by atoms with van der Waals surface area (Å²) in [6.45, 7) is 2.32. The van der Waals surface area contributed by atoms with E-state index in [0.717, 1.165) is 37.4 Å². The predicted octanol–water partition coefficient (Wildman–Crippen LogP) is 2.46. The van der Waals surface area contributed by atoms with E-state index in [1.165, 1.54) is 5.56 Å². The summed E-state index contributed by atoms with van der Waals surface area (Å²) in [7, 11) is 3.98. The third-order valence-electron chi connectivity index (χ3n) is 4.24. The minimum atomic E-state index is -0.0667. The van der Waals surface area contributed by atoms with Gasteiger partial charge >= 0.3 is 0 Å². The average molecular weight is 324 g/mol. The first-order chi connectivity index (χ1) is 11.7. The molecule has 1 amide bonds. The molecule has 3 rings (SSSR count). The van der Waals surface area contributed by atoms with Gasteiger partial charge in [-0.3, -0.25) is 4.79 Å². The van der Waals surface area contributed by atoms with Crippen molar-refractivity contribution in [3.8, 4) is 0 Å². The maximum absolute atomic E-state index is 12.6. The number of hydrogen-bond donors (Lipinski definition) is 1. The molecular weight excluding hydrogens is 300 g/mol. The topological polar surface area (TPSA) is 48.5 Å². The number of benzene rings is 1. The van der Waals surface area contributed by atoms with E-state index >= 15 is 0 Å². The van der Waals surface area contributed by atoms with Crippen molar-refractivity contribution in [2.75, 3.05) is 38.6 Å². The van der Waals surface area contributed by atoms with Gasteiger partial charge in [-0.1, -0.05) is 18.2 Å². The van der Waals surface area contributed by atoms with E-state index in [9.17, 15) is 4.79 Å². The molecule has 2 heterocycles. The Balaban J connectivity index is 1.86. The summed E-state index contributed by atoms with van der Waals surface area (Å²) in [4.78, 5) is 21.3. The van der Waals surface area contributed by atoms with Gasteiger partial charge in [0.2, 0.25) is 0 Å². The number of fused-ring (bicyclic) bond motifs is 1. The standard InChI is InChI=1S/C19H24N4O/c1-22(2)14-12-21-19(24)16-9-5-11-20-18(16)23-13-6-8-15-7-3-4-10-17(15)23/h3-5,7,9-11H,6,8,12-14H2,1-2H3,(H,21,24). The molecule has 0 fully saturated rings. The molecule has 0 atom stereocenters. The molecular formula is C19H24N4O. The van der Waals surface area contributed by atoms with Crippen LogP contribution >= 0.6 is 0 Å². The summed E-state index contributed by atoms with van der Waals surface area (Å²) in [6.07, 6.45) is 3.89. The molecule has 2 aromatic rings.